The number of rotatable bonds is 4. The maximum absolute atomic E-state index is 11.5. The summed E-state index contributed by atoms with van der Waals surface area (Å²) in [5.74, 6) is 0.912. The van der Waals surface area contributed by atoms with E-state index in [2.05, 4.69) is 4.90 Å². The molecule has 2 fully saturated rings. The van der Waals surface area contributed by atoms with Gasteiger partial charge in [-0.3, -0.25) is 9.69 Å². The second-order valence-electron chi connectivity index (χ2n) is 7.59. The van der Waals surface area contributed by atoms with E-state index in [4.69, 9.17) is 9.47 Å². The number of hydrogen-bond donors (Lipinski definition) is 1. The number of nitrogens with zero attached hydrogens (tertiary/aromatic N) is 2. The van der Waals surface area contributed by atoms with Crippen LogP contribution < -0.4 is 4.74 Å². The summed E-state index contributed by atoms with van der Waals surface area (Å²) < 4.78 is 11.5. The molecule has 1 aromatic rings. The molecule has 1 atom stereocenters. The molecule has 0 radical (unpaired) electrons. The normalized spacial score (nSPS) is 25.7. The van der Waals surface area contributed by atoms with Gasteiger partial charge in [-0.15, -0.1) is 0 Å². The Morgan fingerprint density at radius 1 is 1.35 bits per heavy atom. The lowest BCUT2D eigenvalue weighted by molar-refractivity contribution is -0.130. The molecule has 0 bridgehead atoms. The number of carbonyl (C=O) groups is 1. The fourth-order valence-corrected chi connectivity index (χ4v) is 3.81. The lowest BCUT2D eigenvalue weighted by atomic mass is 9.99. The minimum atomic E-state index is -1.03. The first kappa shape index (κ1) is 19.1. The second kappa shape index (κ2) is 8.37. The average molecular weight is 362 g/mol. The number of aliphatic hydroxyl groups is 1. The zero-order valence-electron chi connectivity index (χ0n) is 15.8. The second-order valence-corrected chi connectivity index (χ2v) is 7.59. The van der Waals surface area contributed by atoms with E-state index in [1.165, 1.54) is 0 Å². The summed E-state index contributed by atoms with van der Waals surface area (Å²) in [6.07, 6.45) is 1.88. The Morgan fingerprint density at radius 2 is 2.12 bits per heavy atom. The standard InChI is InChI=1S/C20H30N2O4/c1-16-4-3-5-19(12-16)26-15-20(24)13-22(10-11-25-14-20)18-6-8-21(9-7-18)17(2)23/h3-5,12,18,24H,6-11,13-15H2,1-2H3. The van der Waals surface area contributed by atoms with Crippen LogP contribution in [0.1, 0.15) is 25.3 Å². The molecule has 2 aliphatic rings. The van der Waals surface area contributed by atoms with Gasteiger partial charge < -0.3 is 19.5 Å². The first-order valence-electron chi connectivity index (χ1n) is 9.44. The SMILES string of the molecule is CC(=O)N1CCC(N2CCOCC(O)(COc3cccc(C)c3)C2)CC1. The Kier molecular flexibility index (Phi) is 6.16. The number of aryl methyl sites for hydroxylation is 1. The van der Waals surface area contributed by atoms with E-state index in [0.29, 0.717) is 19.2 Å². The van der Waals surface area contributed by atoms with E-state index in [0.717, 1.165) is 43.8 Å². The molecule has 0 saturated carbocycles. The molecule has 0 spiro atoms. The molecule has 2 saturated heterocycles. The van der Waals surface area contributed by atoms with Crippen molar-refractivity contribution in [3.05, 3.63) is 29.8 Å². The van der Waals surface area contributed by atoms with Gasteiger partial charge in [-0.2, -0.15) is 0 Å². The monoisotopic (exact) mass is 362 g/mol. The van der Waals surface area contributed by atoms with Crippen molar-refractivity contribution in [3.63, 3.8) is 0 Å². The summed E-state index contributed by atoms with van der Waals surface area (Å²) >= 11 is 0. The lowest BCUT2D eigenvalue weighted by Crippen LogP contribution is -2.53. The lowest BCUT2D eigenvalue weighted by Gasteiger charge is -2.40. The van der Waals surface area contributed by atoms with Crippen molar-refractivity contribution in [1.29, 1.82) is 0 Å². The van der Waals surface area contributed by atoms with Crippen LogP contribution in [0.4, 0.5) is 0 Å². The third-order valence-corrected chi connectivity index (χ3v) is 5.31. The van der Waals surface area contributed by atoms with Crippen molar-refractivity contribution in [3.8, 4) is 5.75 Å². The van der Waals surface area contributed by atoms with Gasteiger partial charge in [-0.25, -0.2) is 0 Å². The third-order valence-electron chi connectivity index (χ3n) is 5.31. The highest BCUT2D eigenvalue weighted by molar-refractivity contribution is 5.73. The maximum Gasteiger partial charge on any atom is 0.219 e. The van der Waals surface area contributed by atoms with Crippen molar-refractivity contribution >= 4 is 5.91 Å². The number of benzene rings is 1. The highest BCUT2D eigenvalue weighted by Crippen LogP contribution is 2.23. The van der Waals surface area contributed by atoms with Crippen LogP contribution in [0.2, 0.25) is 0 Å². The number of likely N-dealkylation sites (tertiary alicyclic amines) is 1. The molecule has 1 amide bonds. The molecule has 6 nitrogen and oxygen atoms in total. The summed E-state index contributed by atoms with van der Waals surface area (Å²) in [5, 5.41) is 11.1. The van der Waals surface area contributed by atoms with Gasteiger partial charge in [0.2, 0.25) is 5.91 Å². The number of carbonyl (C=O) groups excluding carboxylic acids is 1. The Morgan fingerprint density at radius 3 is 2.81 bits per heavy atom. The van der Waals surface area contributed by atoms with Crippen molar-refractivity contribution in [1.82, 2.24) is 9.80 Å². The summed E-state index contributed by atoms with van der Waals surface area (Å²) in [7, 11) is 0. The van der Waals surface area contributed by atoms with Gasteiger partial charge in [0.05, 0.1) is 13.2 Å². The van der Waals surface area contributed by atoms with Crippen LogP contribution >= 0.6 is 0 Å². The van der Waals surface area contributed by atoms with Gasteiger partial charge >= 0.3 is 0 Å². The fourth-order valence-electron chi connectivity index (χ4n) is 3.81. The van der Waals surface area contributed by atoms with Gasteiger partial charge in [0.15, 0.2) is 0 Å². The van der Waals surface area contributed by atoms with E-state index in [1.807, 2.05) is 36.1 Å². The van der Waals surface area contributed by atoms with Crippen LogP contribution in [0, 0.1) is 6.92 Å². The predicted molar refractivity (Wildman–Crippen MR) is 99.3 cm³/mol. The van der Waals surface area contributed by atoms with Crippen molar-refractivity contribution in [2.45, 2.75) is 38.3 Å². The number of β-amino-alcohol motifs (C(OH)–C–C–N with tert-alkyl or cyclic N) is 1. The Labute approximate surface area is 155 Å². The Balaban J connectivity index is 1.58. The average Bonchev–Trinajstić information content (AvgIpc) is 2.83. The number of amides is 1. The van der Waals surface area contributed by atoms with E-state index in [9.17, 15) is 9.90 Å². The highest BCUT2D eigenvalue weighted by atomic mass is 16.5. The predicted octanol–water partition coefficient (Wildman–Crippen LogP) is 1.45. The molecular formula is C20H30N2O4. The maximum atomic E-state index is 11.5. The number of piperidine rings is 1. The zero-order chi connectivity index (χ0) is 18.6. The Hall–Kier alpha value is -1.63. The third kappa shape index (κ3) is 4.96. The zero-order valence-corrected chi connectivity index (χ0v) is 15.8. The van der Waals surface area contributed by atoms with E-state index in [1.54, 1.807) is 6.92 Å². The topological polar surface area (TPSA) is 62.2 Å². The van der Waals surface area contributed by atoms with Crippen LogP contribution in [0.15, 0.2) is 24.3 Å². The quantitative estimate of drug-likeness (QED) is 0.878. The fraction of sp³-hybridized carbons (Fsp3) is 0.650. The van der Waals surface area contributed by atoms with Crippen molar-refractivity contribution in [2.75, 3.05) is 46.0 Å². The molecule has 3 rings (SSSR count). The first-order chi connectivity index (χ1) is 12.5. The van der Waals surface area contributed by atoms with Crippen LogP contribution in [0.3, 0.4) is 0 Å². The van der Waals surface area contributed by atoms with Crippen molar-refractivity contribution in [2.24, 2.45) is 0 Å². The van der Waals surface area contributed by atoms with E-state index >= 15 is 0 Å². The minimum absolute atomic E-state index is 0.144. The Bertz CT molecular complexity index is 616. The summed E-state index contributed by atoms with van der Waals surface area (Å²) in [6, 6.07) is 8.22. The molecule has 6 heteroatoms. The van der Waals surface area contributed by atoms with Gasteiger partial charge in [0.1, 0.15) is 18.0 Å². The summed E-state index contributed by atoms with van der Waals surface area (Å²) in [5.41, 5.74) is 0.100. The summed E-state index contributed by atoms with van der Waals surface area (Å²) in [4.78, 5) is 15.7. The summed E-state index contributed by atoms with van der Waals surface area (Å²) in [6.45, 7) is 7.65. The van der Waals surface area contributed by atoms with Gasteiger partial charge in [0, 0.05) is 39.1 Å². The van der Waals surface area contributed by atoms with E-state index in [-0.39, 0.29) is 19.1 Å². The molecule has 2 heterocycles. The molecule has 1 aromatic carbocycles. The smallest absolute Gasteiger partial charge is 0.219 e. The van der Waals surface area contributed by atoms with Crippen LogP contribution in [-0.2, 0) is 9.53 Å². The molecule has 1 unspecified atom stereocenters. The van der Waals surface area contributed by atoms with Gasteiger partial charge in [-0.1, -0.05) is 12.1 Å². The van der Waals surface area contributed by atoms with E-state index < -0.39 is 5.60 Å². The molecular weight excluding hydrogens is 332 g/mol. The molecule has 0 aliphatic carbocycles. The largest absolute Gasteiger partial charge is 0.490 e. The minimum Gasteiger partial charge on any atom is -0.490 e. The van der Waals surface area contributed by atoms with Crippen LogP contribution in [0.5, 0.6) is 5.75 Å². The van der Waals surface area contributed by atoms with Gasteiger partial charge in [-0.05, 0) is 37.5 Å². The van der Waals surface area contributed by atoms with Crippen LogP contribution in [0.25, 0.3) is 0 Å². The number of ether oxygens (including phenoxy) is 2. The van der Waals surface area contributed by atoms with Crippen LogP contribution in [-0.4, -0.2) is 78.5 Å². The van der Waals surface area contributed by atoms with Crippen molar-refractivity contribution < 1.29 is 19.4 Å². The first-order valence-corrected chi connectivity index (χ1v) is 9.44. The molecule has 0 aromatic heterocycles. The molecule has 2 aliphatic heterocycles. The number of hydrogen-bond acceptors (Lipinski definition) is 5. The van der Waals surface area contributed by atoms with Gasteiger partial charge in [0.25, 0.3) is 0 Å². The molecule has 26 heavy (non-hydrogen) atoms. The highest BCUT2D eigenvalue weighted by Gasteiger charge is 2.37. The molecule has 144 valence electrons. The molecule has 1 N–H and O–H groups in total.